The first kappa shape index (κ1) is 14.6. The average Bonchev–Trinajstić information content (AvgIpc) is 2.47. The molecule has 1 aliphatic rings. The Kier molecular flexibility index (Phi) is 3.54. The van der Waals surface area contributed by atoms with Crippen LogP contribution in [0.3, 0.4) is 0 Å². The second-order valence-corrected chi connectivity index (χ2v) is 6.38. The molecule has 0 atom stereocenters. The van der Waals surface area contributed by atoms with E-state index in [0.717, 1.165) is 22.2 Å². The molecule has 0 unspecified atom stereocenters. The normalized spacial score (nSPS) is 20.9. The largest absolute Gasteiger partial charge is 0.494 e. The second-order valence-electron chi connectivity index (χ2n) is 6.38. The Morgan fingerprint density at radius 1 is 1.00 bits per heavy atom. The molecular formula is C15H23BO3. The van der Waals surface area contributed by atoms with Crippen LogP contribution in [-0.4, -0.2) is 23.4 Å². The molecule has 1 fully saturated rings. The molecule has 4 heteroatoms. The molecule has 0 saturated carbocycles. The summed E-state index contributed by atoms with van der Waals surface area (Å²) in [6.07, 6.45) is 0. The van der Waals surface area contributed by atoms with Crippen LogP contribution in [0.1, 0.15) is 44.4 Å². The van der Waals surface area contributed by atoms with E-state index in [1.807, 2.05) is 26.0 Å². The molecule has 3 nitrogen and oxygen atoms in total. The van der Waals surface area contributed by atoms with Gasteiger partial charge in [0.05, 0.1) is 17.8 Å². The van der Waals surface area contributed by atoms with Crippen LogP contribution in [0.25, 0.3) is 0 Å². The molecule has 0 radical (unpaired) electrons. The van der Waals surface area contributed by atoms with Crippen LogP contribution in [0.2, 0.25) is 0 Å². The molecular weight excluding hydrogens is 239 g/mol. The predicted molar refractivity (Wildman–Crippen MR) is 77.6 cm³/mol. The SMILES string of the molecule is Cc1cc(B2OC(C)(C)C(C)(C)O2)cc(C)c1CO. The summed E-state index contributed by atoms with van der Waals surface area (Å²) in [5, 5.41) is 9.36. The molecule has 19 heavy (non-hydrogen) atoms. The van der Waals surface area contributed by atoms with Crippen molar-refractivity contribution in [3.63, 3.8) is 0 Å². The molecule has 1 N–H and O–H groups in total. The Hall–Kier alpha value is -0.835. The maximum Gasteiger partial charge on any atom is 0.494 e. The quantitative estimate of drug-likeness (QED) is 0.829. The topological polar surface area (TPSA) is 38.7 Å². The van der Waals surface area contributed by atoms with E-state index in [4.69, 9.17) is 9.31 Å². The lowest BCUT2D eigenvalue weighted by atomic mass is 9.76. The third kappa shape index (κ3) is 2.45. The Labute approximate surface area is 116 Å². The Bertz CT molecular complexity index is 455. The van der Waals surface area contributed by atoms with Crippen molar-refractivity contribution in [2.24, 2.45) is 0 Å². The highest BCUT2D eigenvalue weighted by Gasteiger charge is 2.51. The van der Waals surface area contributed by atoms with Gasteiger partial charge in [-0.2, -0.15) is 0 Å². The summed E-state index contributed by atoms with van der Waals surface area (Å²) in [4.78, 5) is 0. The van der Waals surface area contributed by atoms with Crippen LogP contribution in [0.5, 0.6) is 0 Å². The summed E-state index contributed by atoms with van der Waals surface area (Å²) in [5.41, 5.74) is 3.51. The van der Waals surface area contributed by atoms with Gasteiger partial charge in [0, 0.05) is 0 Å². The van der Waals surface area contributed by atoms with E-state index in [2.05, 4.69) is 27.7 Å². The van der Waals surface area contributed by atoms with Crippen molar-refractivity contribution < 1.29 is 14.4 Å². The fraction of sp³-hybridized carbons (Fsp3) is 0.600. The number of hydrogen-bond acceptors (Lipinski definition) is 3. The summed E-state index contributed by atoms with van der Waals surface area (Å²) >= 11 is 0. The first-order valence-corrected chi connectivity index (χ1v) is 6.74. The Morgan fingerprint density at radius 3 is 1.79 bits per heavy atom. The van der Waals surface area contributed by atoms with E-state index < -0.39 is 0 Å². The zero-order valence-corrected chi connectivity index (χ0v) is 12.7. The summed E-state index contributed by atoms with van der Waals surface area (Å²) < 4.78 is 12.1. The summed E-state index contributed by atoms with van der Waals surface area (Å²) in [6, 6.07) is 4.08. The third-order valence-electron chi connectivity index (χ3n) is 4.40. The zero-order valence-electron chi connectivity index (χ0n) is 12.7. The lowest BCUT2D eigenvalue weighted by Gasteiger charge is -2.32. The fourth-order valence-electron chi connectivity index (χ4n) is 2.39. The Balaban J connectivity index is 2.35. The average molecular weight is 262 g/mol. The molecule has 0 spiro atoms. The molecule has 0 aliphatic carbocycles. The van der Waals surface area contributed by atoms with E-state index >= 15 is 0 Å². The molecule has 1 aromatic carbocycles. The van der Waals surface area contributed by atoms with Gasteiger partial charge in [-0.3, -0.25) is 0 Å². The van der Waals surface area contributed by atoms with Crippen LogP contribution < -0.4 is 5.46 Å². The second kappa shape index (κ2) is 4.62. The van der Waals surface area contributed by atoms with Crippen molar-refractivity contribution in [1.82, 2.24) is 0 Å². The third-order valence-corrected chi connectivity index (χ3v) is 4.40. The highest BCUT2D eigenvalue weighted by molar-refractivity contribution is 6.62. The maximum atomic E-state index is 9.36. The molecule has 1 saturated heterocycles. The number of aryl methyl sites for hydroxylation is 2. The van der Waals surface area contributed by atoms with Gasteiger partial charge in [-0.15, -0.1) is 0 Å². The molecule has 0 aromatic heterocycles. The van der Waals surface area contributed by atoms with Crippen LogP contribution in [0, 0.1) is 13.8 Å². The van der Waals surface area contributed by atoms with Crippen LogP contribution in [-0.2, 0) is 15.9 Å². The van der Waals surface area contributed by atoms with E-state index in [1.54, 1.807) is 0 Å². The van der Waals surface area contributed by atoms with Crippen LogP contribution >= 0.6 is 0 Å². The molecule has 0 bridgehead atoms. The van der Waals surface area contributed by atoms with E-state index in [0.29, 0.717) is 0 Å². The maximum absolute atomic E-state index is 9.36. The number of rotatable bonds is 2. The number of hydrogen-bond donors (Lipinski definition) is 1. The molecule has 1 aliphatic heterocycles. The molecule has 2 rings (SSSR count). The van der Waals surface area contributed by atoms with Gasteiger partial charge in [0.2, 0.25) is 0 Å². The minimum Gasteiger partial charge on any atom is -0.399 e. The van der Waals surface area contributed by atoms with Gasteiger partial charge in [0.15, 0.2) is 0 Å². The van der Waals surface area contributed by atoms with Crippen LogP contribution in [0.15, 0.2) is 12.1 Å². The van der Waals surface area contributed by atoms with E-state index in [9.17, 15) is 5.11 Å². The lowest BCUT2D eigenvalue weighted by Crippen LogP contribution is -2.41. The summed E-state index contributed by atoms with van der Waals surface area (Å²) in [7, 11) is -0.338. The standard InChI is InChI=1S/C15H23BO3/c1-10-7-12(8-11(2)13(10)9-17)16-18-14(3,4)15(5,6)19-16/h7-8,17H,9H2,1-6H3. The molecule has 1 heterocycles. The zero-order chi connectivity index (χ0) is 14.4. The van der Waals surface area contributed by atoms with Crippen molar-refractivity contribution in [2.45, 2.75) is 59.4 Å². The minimum absolute atomic E-state index is 0.0707. The number of aliphatic hydroxyl groups is 1. The van der Waals surface area contributed by atoms with Crippen molar-refractivity contribution in [3.05, 3.63) is 28.8 Å². The highest BCUT2D eigenvalue weighted by atomic mass is 16.7. The van der Waals surface area contributed by atoms with Crippen molar-refractivity contribution >= 4 is 12.6 Å². The first-order chi connectivity index (χ1) is 8.68. The molecule has 1 aromatic rings. The Morgan fingerprint density at radius 2 is 1.42 bits per heavy atom. The van der Waals surface area contributed by atoms with E-state index in [1.165, 1.54) is 0 Å². The van der Waals surface area contributed by atoms with Crippen LogP contribution in [0.4, 0.5) is 0 Å². The minimum atomic E-state index is -0.338. The molecule has 0 amide bonds. The summed E-state index contributed by atoms with van der Waals surface area (Å²) in [5.74, 6) is 0. The number of aliphatic hydroxyl groups excluding tert-OH is 1. The summed E-state index contributed by atoms with van der Waals surface area (Å²) in [6.45, 7) is 12.3. The van der Waals surface area contributed by atoms with Gasteiger partial charge in [0.1, 0.15) is 0 Å². The lowest BCUT2D eigenvalue weighted by molar-refractivity contribution is 0.00578. The highest BCUT2D eigenvalue weighted by Crippen LogP contribution is 2.36. The van der Waals surface area contributed by atoms with Gasteiger partial charge >= 0.3 is 7.12 Å². The van der Waals surface area contributed by atoms with Gasteiger partial charge in [0.25, 0.3) is 0 Å². The van der Waals surface area contributed by atoms with Gasteiger partial charge < -0.3 is 14.4 Å². The molecule has 104 valence electrons. The smallest absolute Gasteiger partial charge is 0.399 e. The number of benzene rings is 1. The van der Waals surface area contributed by atoms with Gasteiger partial charge in [-0.05, 0) is 63.7 Å². The van der Waals surface area contributed by atoms with Crippen molar-refractivity contribution in [2.75, 3.05) is 0 Å². The van der Waals surface area contributed by atoms with Crippen molar-refractivity contribution in [1.29, 1.82) is 0 Å². The monoisotopic (exact) mass is 262 g/mol. The van der Waals surface area contributed by atoms with Crippen molar-refractivity contribution in [3.8, 4) is 0 Å². The first-order valence-electron chi connectivity index (χ1n) is 6.74. The van der Waals surface area contributed by atoms with Gasteiger partial charge in [-0.25, -0.2) is 0 Å². The fourth-order valence-corrected chi connectivity index (χ4v) is 2.39. The van der Waals surface area contributed by atoms with Gasteiger partial charge in [-0.1, -0.05) is 12.1 Å². The predicted octanol–water partition coefficient (Wildman–Crippen LogP) is 2.09. The van der Waals surface area contributed by atoms with E-state index in [-0.39, 0.29) is 24.9 Å².